The van der Waals surface area contributed by atoms with Gasteiger partial charge >= 0.3 is 11.9 Å². The predicted octanol–water partition coefficient (Wildman–Crippen LogP) is -0.134. The van der Waals surface area contributed by atoms with Gasteiger partial charge in [0.25, 0.3) is 0 Å². The van der Waals surface area contributed by atoms with E-state index in [9.17, 15) is 35.2 Å². The van der Waals surface area contributed by atoms with E-state index in [0.717, 1.165) is 14.2 Å². The van der Waals surface area contributed by atoms with Crippen molar-refractivity contribution in [2.45, 2.75) is 15.3 Å². The molecule has 0 fully saturated rings. The first kappa shape index (κ1) is 21.2. The van der Waals surface area contributed by atoms with Crippen molar-refractivity contribution in [2.24, 2.45) is 0 Å². The Morgan fingerprint density at radius 3 is 1.55 bits per heavy atom. The number of sulfone groups is 2. The van der Waals surface area contributed by atoms with Crippen molar-refractivity contribution in [2.75, 3.05) is 26.2 Å². The minimum Gasteiger partial charge on any atom is -0.468 e. The summed E-state index contributed by atoms with van der Waals surface area (Å²) in [6.45, 7) is 0. The first-order valence-corrected chi connectivity index (χ1v) is 9.56. The van der Waals surface area contributed by atoms with Crippen molar-refractivity contribution in [1.29, 1.82) is 0 Å². The molecule has 0 aromatic carbocycles. The average molecular weight is 431 g/mol. The van der Waals surface area contributed by atoms with Crippen LogP contribution in [-0.4, -0.2) is 63.9 Å². The normalized spacial score (nSPS) is 13.0. The Morgan fingerprint density at radius 2 is 1.32 bits per heavy atom. The second-order valence-corrected chi connectivity index (χ2v) is 9.84. The van der Waals surface area contributed by atoms with Crippen molar-refractivity contribution >= 4 is 47.5 Å². The fourth-order valence-corrected chi connectivity index (χ4v) is 5.88. The molecule has 0 atom stereocenters. The van der Waals surface area contributed by atoms with Crippen LogP contribution in [0.2, 0.25) is 0 Å². The highest BCUT2D eigenvalue weighted by molar-refractivity contribution is 9.10. The summed E-state index contributed by atoms with van der Waals surface area (Å²) in [6.07, 6.45) is -1.31. The van der Waals surface area contributed by atoms with E-state index in [-0.39, 0.29) is 0 Å². The minimum absolute atomic E-state index is 0.837. The molecule has 0 aliphatic rings. The molecular weight excluding hydrogens is 418 g/mol. The molecule has 0 unspecified atom stereocenters. The van der Waals surface area contributed by atoms with Crippen LogP contribution in [0.4, 0.5) is 8.78 Å². The summed E-state index contributed by atoms with van der Waals surface area (Å²) in [5.74, 6) is -2.76. The molecule has 0 heterocycles. The summed E-state index contributed by atoms with van der Waals surface area (Å²) in [5.41, 5.74) is 0. The van der Waals surface area contributed by atoms with Crippen LogP contribution < -0.4 is 0 Å². The van der Waals surface area contributed by atoms with Gasteiger partial charge in [-0.1, -0.05) is 15.9 Å². The molecule has 13 heteroatoms. The van der Waals surface area contributed by atoms with E-state index in [1.54, 1.807) is 0 Å². The number of carbonyl (C=O) groups is 2. The van der Waals surface area contributed by atoms with Crippen LogP contribution in [0.15, 0.2) is 0 Å². The Morgan fingerprint density at radius 1 is 1.00 bits per heavy atom. The largest absolute Gasteiger partial charge is 0.468 e. The summed E-state index contributed by atoms with van der Waals surface area (Å²) >= 11 is 2.56. The maximum atomic E-state index is 12.6. The molecule has 0 rings (SSSR count). The number of esters is 2. The van der Waals surface area contributed by atoms with Crippen LogP contribution in [0, 0.1) is 0 Å². The number of hydrogen-bond donors (Lipinski definition) is 0. The van der Waals surface area contributed by atoms with Crippen LogP contribution in [0.5, 0.6) is 0 Å². The summed E-state index contributed by atoms with van der Waals surface area (Å²) in [5, 5.41) is 0. The third kappa shape index (κ3) is 4.35. The van der Waals surface area contributed by atoms with Crippen molar-refractivity contribution in [3.8, 4) is 0 Å². The summed E-state index contributed by atoms with van der Waals surface area (Å²) in [7, 11) is -8.30. The van der Waals surface area contributed by atoms with Crippen molar-refractivity contribution in [3.05, 3.63) is 0 Å². The quantitative estimate of drug-likeness (QED) is 0.296. The van der Waals surface area contributed by atoms with Crippen molar-refractivity contribution < 1.29 is 44.7 Å². The monoisotopic (exact) mass is 430 g/mol. The van der Waals surface area contributed by atoms with Gasteiger partial charge in [0.05, 0.1) is 14.2 Å². The number of halogens is 3. The van der Waals surface area contributed by atoms with Gasteiger partial charge in [-0.25, -0.2) is 35.2 Å². The van der Waals surface area contributed by atoms with Gasteiger partial charge in [0.2, 0.25) is 4.32 Å². The Kier molecular flexibility index (Phi) is 7.35. The summed E-state index contributed by atoms with van der Waals surface area (Å²) < 4.78 is 74.8. The Labute approximate surface area is 134 Å². The van der Waals surface area contributed by atoms with Gasteiger partial charge in [0, 0.05) is 6.42 Å². The Hall–Kier alpha value is -0.820. The fraction of sp³-hybridized carbons (Fsp3) is 0.778. The number of alkyl halides is 3. The molecule has 130 valence electrons. The molecule has 8 nitrogen and oxygen atoms in total. The van der Waals surface area contributed by atoms with Gasteiger partial charge < -0.3 is 9.47 Å². The van der Waals surface area contributed by atoms with E-state index in [1.807, 2.05) is 0 Å². The van der Waals surface area contributed by atoms with Crippen LogP contribution in [0.25, 0.3) is 0 Å². The Bertz CT molecular complexity index is 580. The molecule has 0 spiro atoms. The lowest BCUT2D eigenvalue weighted by atomic mass is 10.1. The molecule has 0 saturated heterocycles. The molecule has 0 amide bonds. The number of rotatable bonds is 8. The summed E-state index contributed by atoms with van der Waals surface area (Å²) in [6, 6.07) is -4.25. The minimum atomic E-state index is -4.99. The highest BCUT2D eigenvalue weighted by Crippen LogP contribution is 2.33. The standard InChI is InChI=1S/C9H13BrF2O8S2/c1-19-7(13)9(10,8(14)20-2)3-6(21(15,16)4-11)22(17,18)5-12/h6H,3-5H2,1-2H3. The van der Waals surface area contributed by atoms with E-state index in [1.165, 1.54) is 0 Å². The van der Waals surface area contributed by atoms with Gasteiger partial charge in [-0.05, 0) is 0 Å². The lowest BCUT2D eigenvalue weighted by molar-refractivity contribution is -0.155. The first-order chi connectivity index (χ1) is 9.92. The zero-order valence-electron chi connectivity index (χ0n) is 11.4. The molecule has 0 N–H and O–H groups in total. The second kappa shape index (κ2) is 7.64. The maximum absolute atomic E-state index is 12.6. The average Bonchev–Trinajstić information content (AvgIpc) is 2.49. The number of carbonyl (C=O) groups excluding carboxylic acids is 2. The number of hydrogen-bond acceptors (Lipinski definition) is 8. The summed E-state index contributed by atoms with van der Waals surface area (Å²) in [4.78, 5) is 23.3. The van der Waals surface area contributed by atoms with E-state index in [0.29, 0.717) is 0 Å². The molecule has 0 aromatic rings. The van der Waals surface area contributed by atoms with E-state index in [2.05, 4.69) is 25.4 Å². The topological polar surface area (TPSA) is 121 Å². The highest BCUT2D eigenvalue weighted by atomic mass is 79.9. The van der Waals surface area contributed by atoms with Crippen molar-refractivity contribution in [1.82, 2.24) is 0 Å². The molecule has 0 aliphatic heterocycles. The second-order valence-electron chi connectivity index (χ2n) is 3.96. The highest BCUT2D eigenvalue weighted by Gasteiger charge is 2.53. The lowest BCUT2D eigenvalue weighted by Gasteiger charge is -2.25. The number of methoxy groups -OCH3 is 2. The molecular formula is C9H13BrF2O8S2. The van der Waals surface area contributed by atoms with E-state index >= 15 is 0 Å². The van der Waals surface area contributed by atoms with Gasteiger partial charge in [0.15, 0.2) is 36.3 Å². The molecule has 0 aromatic heterocycles. The van der Waals surface area contributed by atoms with Crippen LogP contribution in [0.3, 0.4) is 0 Å². The molecule has 0 aliphatic carbocycles. The Balaban J connectivity index is 6.11. The van der Waals surface area contributed by atoms with Gasteiger partial charge in [-0.2, -0.15) is 0 Å². The lowest BCUT2D eigenvalue weighted by Crippen LogP contribution is -2.48. The van der Waals surface area contributed by atoms with Crippen LogP contribution in [-0.2, 0) is 38.7 Å². The first-order valence-electron chi connectivity index (χ1n) is 5.33. The van der Waals surface area contributed by atoms with Gasteiger partial charge in [-0.15, -0.1) is 0 Å². The third-order valence-electron chi connectivity index (χ3n) is 2.57. The van der Waals surface area contributed by atoms with Crippen molar-refractivity contribution in [3.63, 3.8) is 0 Å². The number of ether oxygens (including phenoxy) is 2. The molecule has 0 saturated carbocycles. The molecule has 0 radical (unpaired) electrons. The van der Waals surface area contributed by atoms with Crippen LogP contribution in [0.1, 0.15) is 6.42 Å². The fourth-order valence-electron chi connectivity index (χ4n) is 1.42. The SMILES string of the molecule is COC(=O)C(Br)(CC(S(=O)(=O)CF)S(=O)(=O)CF)C(=O)OC. The van der Waals surface area contributed by atoms with Gasteiger partial charge in [-0.3, -0.25) is 0 Å². The molecule has 22 heavy (non-hydrogen) atoms. The van der Waals surface area contributed by atoms with Gasteiger partial charge in [0.1, 0.15) is 0 Å². The molecule has 0 bridgehead atoms. The maximum Gasteiger partial charge on any atom is 0.334 e. The predicted molar refractivity (Wildman–Crippen MR) is 73.9 cm³/mol. The smallest absolute Gasteiger partial charge is 0.334 e. The van der Waals surface area contributed by atoms with E-state index in [4.69, 9.17) is 0 Å². The zero-order valence-corrected chi connectivity index (χ0v) is 14.6. The third-order valence-corrected chi connectivity index (χ3v) is 7.85. The van der Waals surface area contributed by atoms with E-state index < -0.39 is 59.0 Å². The van der Waals surface area contributed by atoms with Crippen LogP contribution >= 0.6 is 15.9 Å². The zero-order chi connectivity index (χ0) is 17.8.